The minimum atomic E-state index is 0. The molecule has 0 amide bonds. The van der Waals surface area contributed by atoms with E-state index in [4.69, 9.17) is 5.73 Å². The molecule has 19 heavy (non-hydrogen) atoms. The molecule has 0 spiro atoms. The highest BCUT2D eigenvalue weighted by Gasteiger charge is 2.56. The second-order valence-corrected chi connectivity index (χ2v) is 6.91. The largest absolute Gasteiger partial charge is 0.330 e. The number of hydrogen-bond donors (Lipinski definition) is 1. The van der Waals surface area contributed by atoms with Crippen molar-refractivity contribution in [1.29, 1.82) is 0 Å². The molecule has 1 aromatic carbocycles. The van der Waals surface area contributed by atoms with Crippen LogP contribution in [0.5, 0.6) is 0 Å². The van der Waals surface area contributed by atoms with Crippen molar-refractivity contribution in [2.75, 3.05) is 6.54 Å². The third kappa shape index (κ3) is 1.78. The number of rotatable bonds is 2. The van der Waals surface area contributed by atoms with Gasteiger partial charge in [-0.3, -0.25) is 0 Å². The Labute approximate surface area is 122 Å². The molecule has 4 bridgehead atoms. The molecule has 104 valence electrons. The summed E-state index contributed by atoms with van der Waals surface area (Å²) in [6.07, 6.45) is 7.29. The molecule has 0 aromatic heterocycles. The molecule has 4 aliphatic carbocycles. The zero-order chi connectivity index (χ0) is 12.2. The number of nitrogens with two attached hydrogens (primary N) is 1. The molecule has 4 aliphatic rings. The van der Waals surface area contributed by atoms with Crippen molar-refractivity contribution in [3.05, 3.63) is 35.9 Å². The number of halogens is 1. The summed E-state index contributed by atoms with van der Waals surface area (Å²) in [6.45, 7) is 0.853. The van der Waals surface area contributed by atoms with Crippen LogP contribution in [0.15, 0.2) is 30.3 Å². The lowest BCUT2D eigenvalue weighted by Crippen LogP contribution is -2.58. The highest BCUT2D eigenvalue weighted by molar-refractivity contribution is 5.85. The normalized spacial score (nSPS) is 43.0. The topological polar surface area (TPSA) is 26.0 Å². The second kappa shape index (κ2) is 4.79. The molecule has 0 aliphatic heterocycles. The second-order valence-electron chi connectivity index (χ2n) is 6.91. The van der Waals surface area contributed by atoms with Crippen LogP contribution in [0.1, 0.15) is 37.7 Å². The van der Waals surface area contributed by atoms with Crippen molar-refractivity contribution in [3.63, 3.8) is 0 Å². The van der Waals surface area contributed by atoms with Crippen LogP contribution in [0.3, 0.4) is 0 Å². The summed E-state index contributed by atoms with van der Waals surface area (Å²) in [7, 11) is 0. The van der Waals surface area contributed by atoms with E-state index in [1.165, 1.54) is 37.7 Å². The molecule has 2 N–H and O–H groups in total. The minimum Gasteiger partial charge on any atom is -0.330 e. The highest BCUT2D eigenvalue weighted by Crippen LogP contribution is 2.62. The summed E-state index contributed by atoms with van der Waals surface area (Å²) < 4.78 is 0. The van der Waals surface area contributed by atoms with Gasteiger partial charge >= 0.3 is 0 Å². The third-order valence-corrected chi connectivity index (χ3v) is 6.24. The summed E-state index contributed by atoms with van der Waals surface area (Å²) in [5.74, 6) is 3.77. The van der Waals surface area contributed by atoms with E-state index in [0.29, 0.717) is 5.41 Å². The van der Waals surface area contributed by atoms with Gasteiger partial charge in [0, 0.05) is 12.0 Å². The smallest absolute Gasteiger partial charge is 0.0132 e. The van der Waals surface area contributed by atoms with E-state index >= 15 is 0 Å². The zero-order valence-electron chi connectivity index (χ0n) is 11.4. The Balaban J connectivity index is 0.00000110. The lowest BCUT2D eigenvalue weighted by atomic mass is 9.44. The van der Waals surface area contributed by atoms with Crippen molar-refractivity contribution < 1.29 is 0 Å². The van der Waals surface area contributed by atoms with E-state index in [1.807, 2.05) is 0 Å². The fraction of sp³-hybridized carbons (Fsp3) is 0.647. The maximum Gasteiger partial charge on any atom is 0.0132 e. The van der Waals surface area contributed by atoms with Gasteiger partial charge in [-0.25, -0.2) is 0 Å². The molecule has 0 unspecified atom stereocenters. The van der Waals surface area contributed by atoms with Crippen LogP contribution in [0.4, 0.5) is 0 Å². The van der Waals surface area contributed by atoms with Crippen LogP contribution >= 0.6 is 12.4 Å². The van der Waals surface area contributed by atoms with E-state index in [9.17, 15) is 0 Å². The molecule has 1 nitrogen and oxygen atoms in total. The van der Waals surface area contributed by atoms with Gasteiger partial charge in [0.2, 0.25) is 0 Å². The summed E-state index contributed by atoms with van der Waals surface area (Å²) in [5, 5.41) is 0. The van der Waals surface area contributed by atoms with Gasteiger partial charge in [-0.05, 0) is 61.3 Å². The van der Waals surface area contributed by atoms with Crippen molar-refractivity contribution in [2.45, 2.75) is 37.5 Å². The van der Waals surface area contributed by atoms with Crippen LogP contribution in [-0.2, 0) is 5.41 Å². The van der Waals surface area contributed by atoms with E-state index in [2.05, 4.69) is 30.3 Å². The average molecular weight is 278 g/mol. The first-order valence-corrected chi connectivity index (χ1v) is 7.58. The molecule has 1 aromatic rings. The molecular formula is C17H24ClN. The Hall–Kier alpha value is -0.530. The highest BCUT2D eigenvalue weighted by atomic mass is 35.5. The van der Waals surface area contributed by atoms with Crippen molar-refractivity contribution >= 4 is 12.4 Å². The predicted molar refractivity (Wildman–Crippen MR) is 81.5 cm³/mol. The van der Waals surface area contributed by atoms with Gasteiger partial charge in [-0.2, -0.15) is 0 Å². The molecule has 0 heterocycles. The first kappa shape index (κ1) is 13.5. The van der Waals surface area contributed by atoms with Crippen molar-refractivity contribution in [2.24, 2.45) is 29.4 Å². The molecular weight excluding hydrogens is 254 g/mol. The van der Waals surface area contributed by atoms with Gasteiger partial charge in [0.25, 0.3) is 0 Å². The third-order valence-electron chi connectivity index (χ3n) is 6.24. The van der Waals surface area contributed by atoms with Gasteiger partial charge in [0.05, 0.1) is 0 Å². The monoisotopic (exact) mass is 277 g/mol. The van der Waals surface area contributed by atoms with Crippen LogP contribution in [0, 0.1) is 23.7 Å². The number of hydrogen-bond acceptors (Lipinski definition) is 1. The zero-order valence-corrected chi connectivity index (χ0v) is 12.2. The maximum absolute atomic E-state index is 6.32. The summed E-state index contributed by atoms with van der Waals surface area (Å²) in [4.78, 5) is 0. The van der Waals surface area contributed by atoms with Crippen LogP contribution in [-0.4, -0.2) is 6.54 Å². The number of benzene rings is 1. The molecule has 4 saturated carbocycles. The molecule has 2 heteroatoms. The Morgan fingerprint density at radius 1 is 0.895 bits per heavy atom. The van der Waals surface area contributed by atoms with Gasteiger partial charge in [0.15, 0.2) is 0 Å². The summed E-state index contributed by atoms with van der Waals surface area (Å²) in [6, 6.07) is 11.2. The lowest BCUT2D eigenvalue weighted by Gasteiger charge is -2.61. The van der Waals surface area contributed by atoms with Crippen LogP contribution in [0.2, 0.25) is 0 Å². The fourth-order valence-electron chi connectivity index (χ4n) is 5.70. The molecule has 5 rings (SSSR count). The van der Waals surface area contributed by atoms with E-state index in [1.54, 1.807) is 0 Å². The standard InChI is InChI=1S/C17H23N.ClH/c18-11-17(14-4-2-1-3-5-14)15-7-12-6-13(9-15)10-16(17)8-12;/h1-5,12-13,15-16H,6-11,18H2;1H. The minimum absolute atomic E-state index is 0. The summed E-state index contributed by atoms with van der Waals surface area (Å²) in [5.41, 5.74) is 8.16. The van der Waals surface area contributed by atoms with Crippen molar-refractivity contribution in [1.82, 2.24) is 0 Å². The van der Waals surface area contributed by atoms with Gasteiger partial charge in [0.1, 0.15) is 0 Å². The average Bonchev–Trinajstić information content (AvgIpc) is 2.40. The van der Waals surface area contributed by atoms with Crippen molar-refractivity contribution in [3.8, 4) is 0 Å². The van der Waals surface area contributed by atoms with Crippen LogP contribution < -0.4 is 5.73 Å². The Kier molecular flexibility index (Phi) is 3.39. The molecule has 0 atom stereocenters. The molecule has 4 fully saturated rings. The van der Waals surface area contributed by atoms with Gasteiger partial charge < -0.3 is 5.73 Å². The van der Waals surface area contributed by atoms with Gasteiger partial charge in [-0.1, -0.05) is 30.3 Å². The first-order valence-electron chi connectivity index (χ1n) is 7.58. The van der Waals surface area contributed by atoms with Gasteiger partial charge in [-0.15, -0.1) is 12.4 Å². The van der Waals surface area contributed by atoms with Crippen LogP contribution in [0.25, 0.3) is 0 Å². The predicted octanol–water partition coefficient (Wildman–Crippen LogP) is 3.76. The Morgan fingerprint density at radius 2 is 1.42 bits per heavy atom. The quantitative estimate of drug-likeness (QED) is 0.875. The SMILES string of the molecule is Cl.NCC1(c2ccccc2)C2CC3CC(C2)CC1C3. The first-order chi connectivity index (χ1) is 8.83. The fourth-order valence-corrected chi connectivity index (χ4v) is 5.70. The Morgan fingerprint density at radius 3 is 1.89 bits per heavy atom. The Bertz CT molecular complexity index is 414. The molecule has 0 radical (unpaired) electrons. The molecule has 0 saturated heterocycles. The summed E-state index contributed by atoms with van der Waals surface area (Å²) >= 11 is 0. The van der Waals surface area contributed by atoms with E-state index in [0.717, 1.165) is 30.2 Å². The van der Waals surface area contributed by atoms with E-state index < -0.39 is 0 Å². The van der Waals surface area contributed by atoms with E-state index in [-0.39, 0.29) is 12.4 Å². The lowest BCUT2D eigenvalue weighted by molar-refractivity contribution is -0.0567. The maximum atomic E-state index is 6.32.